The highest BCUT2D eigenvalue weighted by Gasteiger charge is 2.50. The van der Waals surface area contributed by atoms with Crippen LogP contribution in [0.25, 0.3) is 11.2 Å². The van der Waals surface area contributed by atoms with Gasteiger partial charge < -0.3 is 20.7 Å². The lowest BCUT2D eigenvalue weighted by atomic mass is 10.1. The van der Waals surface area contributed by atoms with Crippen molar-refractivity contribution in [2.45, 2.75) is 43.7 Å². The Kier molecular flexibility index (Phi) is 4.39. The molecule has 12 heteroatoms. The number of aliphatic hydroxyl groups excluding tert-OH is 2. The molecule has 26 heavy (non-hydrogen) atoms. The summed E-state index contributed by atoms with van der Waals surface area (Å²) in [5.41, 5.74) is 4.88. The first kappa shape index (κ1) is 18.2. The zero-order valence-corrected chi connectivity index (χ0v) is 13.1. The van der Waals surface area contributed by atoms with Crippen LogP contribution in [0, 0.1) is 12.3 Å². The highest BCUT2D eigenvalue weighted by Crippen LogP contribution is 2.36. The van der Waals surface area contributed by atoms with Crippen LogP contribution in [-0.4, -0.2) is 53.8 Å². The van der Waals surface area contributed by atoms with Crippen molar-refractivity contribution in [1.29, 1.82) is 0 Å². The molecule has 4 N–H and O–H groups in total. The number of aliphatic hydroxyl groups is 2. The number of rotatable bonds is 3. The van der Waals surface area contributed by atoms with Gasteiger partial charge in [0.2, 0.25) is 5.95 Å². The summed E-state index contributed by atoms with van der Waals surface area (Å²) < 4.78 is 45.2. The van der Waals surface area contributed by atoms with E-state index in [1.807, 2.05) is 0 Å². The first-order valence-electron chi connectivity index (χ1n) is 7.40. The smallest absolute Gasteiger partial charge is 0.388 e. The highest BCUT2D eigenvalue weighted by atomic mass is 19.4. The molecule has 4 atom stereocenters. The van der Waals surface area contributed by atoms with Crippen molar-refractivity contribution >= 4 is 17.1 Å². The third-order valence-electron chi connectivity index (χ3n) is 4.03. The van der Waals surface area contributed by atoms with E-state index >= 15 is 0 Å². The van der Waals surface area contributed by atoms with E-state index in [2.05, 4.69) is 15.9 Å². The van der Waals surface area contributed by atoms with Crippen LogP contribution in [0.1, 0.15) is 12.6 Å². The Hall–Kier alpha value is -2.62. The van der Waals surface area contributed by atoms with Crippen LogP contribution in [0.5, 0.6) is 0 Å². The summed E-state index contributed by atoms with van der Waals surface area (Å²) in [6.07, 6.45) is -6.55. The second-order valence-electron chi connectivity index (χ2n) is 5.73. The summed E-state index contributed by atoms with van der Waals surface area (Å²) in [6, 6.07) is 0. The van der Waals surface area contributed by atoms with Gasteiger partial charge in [-0.3, -0.25) is 4.57 Å². The van der Waals surface area contributed by atoms with Gasteiger partial charge in [0.15, 0.2) is 18.0 Å². The molecular weight excluding hydrogens is 359 g/mol. The molecule has 0 amide bonds. The largest absolute Gasteiger partial charge is 0.416 e. The van der Waals surface area contributed by atoms with E-state index in [1.54, 1.807) is 0 Å². The predicted molar refractivity (Wildman–Crippen MR) is 81.6 cm³/mol. The number of halogens is 3. The lowest BCUT2D eigenvalue weighted by Crippen LogP contribution is -2.39. The molecule has 0 aromatic carbocycles. The second kappa shape index (κ2) is 6.27. The van der Waals surface area contributed by atoms with E-state index < -0.39 is 42.8 Å². The van der Waals surface area contributed by atoms with E-state index in [4.69, 9.17) is 16.9 Å². The van der Waals surface area contributed by atoms with E-state index in [-0.39, 0.29) is 23.7 Å². The number of aromatic nitrogens is 4. The van der Waals surface area contributed by atoms with Crippen LogP contribution in [0.4, 0.5) is 19.1 Å². The van der Waals surface area contributed by atoms with Gasteiger partial charge in [0.05, 0.1) is 18.8 Å². The Balaban J connectivity index is 2.08. The fraction of sp³-hybridized carbons (Fsp3) is 0.500. The average Bonchev–Trinajstić information content (AvgIpc) is 3.04. The first-order chi connectivity index (χ1) is 12.1. The number of nitrogen functional groups attached to an aromatic ring is 1. The maximum atomic E-state index is 12.7. The number of hydrogen-bond acceptors (Lipinski definition) is 7. The van der Waals surface area contributed by atoms with Gasteiger partial charge in [-0.05, 0) is 0 Å². The van der Waals surface area contributed by atoms with Gasteiger partial charge in [-0.15, -0.1) is 6.42 Å². The molecule has 1 aliphatic rings. The van der Waals surface area contributed by atoms with E-state index in [0.717, 1.165) is 9.13 Å². The second-order valence-corrected chi connectivity index (χ2v) is 5.73. The molecule has 0 bridgehead atoms. The van der Waals surface area contributed by atoms with Crippen molar-refractivity contribution in [2.24, 2.45) is 0 Å². The Labute approximate surface area is 143 Å². The van der Waals surface area contributed by atoms with Crippen molar-refractivity contribution in [3.05, 3.63) is 16.7 Å². The molecule has 0 saturated carbocycles. The molecule has 0 aliphatic carbocycles. The Morgan fingerprint density at radius 2 is 2.23 bits per heavy atom. The molecule has 1 aliphatic heterocycles. The fourth-order valence-corrected chi connectivity index (χ4v) is 2.87. The summed E-state index contributed by atoms with van der Waals surface area (Å²) in [6.45, 7) is -0.160. The maximum Gasteiger partial charge on any atom is 0.416 e. The molecule has 1 saturated heterocycles. The summed E-state index contributed by atoms with van der Waals surface area (Å²) in [5, 5.41) is 19.5. The molecule has 0 unspecified atom stereocenters. The van der Waals surface area contributed by atoms with Crippen molar-refractivity contribution in [2.75, 3.05) is 5.73 Å². The van der Waals surface area contributed by atoms with Crippen LogP contribution in [-0.2, 0) is 11.3 Å². The third-order valence-corrected chi connectivity index (χ3v) is 4.03. The van der Waals surface area contributed by atoms with E-state index in [0.29, 0.717) is 0 Å². The van der Waals surface area contributed by atoms with E-state index in [1.165, 1.54) is 6.20 Å². The van der Waals surface area contributed by atoms with Gasteiger partial charge in [0, 0.05) is 6.42 Å². The number of imidazole rings is 1. The molecule has 3 rings (SSSR count). The van der Waals surface area contributed by atoms with Crippen molar-refractivity contribution in [3.63, 3.8) is 0 Å². The number of fused-ring (bicyclic) bond motifs is 1. The van der Waals surface area contributed by atoms with Crippen LogP contribution in [0.15, 0.2) is 11.0 Å². The molecule has 140 valence electrons. The number of alkyl halides is 3. The maximum absolute atomic E-state index is 12.7. The zero-order valence-electron chi connectivity index (χ0n) is 13.1. The predicted octanol–water partition coefficient (Wildman–Crippen LogP) is -0.620. The van der Waals surface area contributed by atoms with E-state index in [9.17, 15) is 28.2 Å². The summed E-state index contributed by atoms with van der Waals surface area (Å²) in [7, 11) is 0. The molecule has 0 spiro atoms. The molecule has 9 nitrogen and oxygen atoms in total. The quantitative estimate of drug-likeness (QED) is 0.612. The van der Waals surface area contributed by atoms with Crippen molar-refractivity contribution < 1.29 is 28.1 Å². The topological polar surface area (TPSA) is 128 Å². The molecule has 1 fully saturated rings. The first-order valence-corrected chi connectivity index (χ1v) is 7.40. The van der Waals surface area contributed by atoms with Crippen LogP contribution in [0.3, 0.4) is 0 Å². The summed E-state index contributed by atoms with van der Waals surface area (Å²) in [5.74, 6) is 2.07. The highest BCUT2D eigenvalue weighted by molar-refractivity contribution is 5.72. The van der Waals surface area contributed by atoms with Gasteiger partial charge >= 0.3 is 11.9 Å². The number of ether oxygens (including phenoxy) is 1. The molecule has 3 heterocycles. The average molecular weight is 373 g/mol. The number of anilines is 1. The number of terminal acetylenes is 1. The SMILES string of the molecule is C#CCn1c(=O)n([C@@H]2O[C@H]([C@@H](O)C(F)(F)F)C[C@H]2O)c2nc(N)ncc21. The summed E-state index contributed by atoms with van der Waals surface area (Å²) >= 11 is 0. The summed E-state index contributed by atoms with van der Waals surface area (Å²) in [4.78, 5) is 20.3. The molecule has 0 radical (unpaired) electrons. The van der Waals surface area contributed by atoms with Crippen molar-refractivity contribution in [1.82, 2.24) is 19.1 Å². The third kappa shape index (κ3) is 2.90. The van der Waals surface area contributed by atoms with Crippen molar-refractivity contribution in [3.8, 4) is 12.3 Å². The fourth-order valence-electron chi connectivity index (χ4n) is 2.87. The number of nitrogens with zero attached hydrogens (tertiary/aromatic N) is 4. The van der Waals surface area contributed by atoms with Gasteiger partial charge in [-0.1, -0.05) is 5.92 Å². The van der Waals surface area contributed by atoms with Crippen LogP contribution < -0.4 is 11.4 Å². The van der Waals surface area contributed by atoms with Crippen LogP contribution in [0.2, 0.25) is 0 Å². The van der Waals surface area contributed by atoms with Gasteiger partial charge in [0.1, 0.15) is 11.6 Å². The number of nitrogens with two attached hydrogens (primary N) is 1. The van der Waals surface area contributed by atoms with Gasteiger partial charge in [0.25, 0.3) is 0 Å². The van der Waals surface area contributed by atoms with Crippen LogP contribution >= 0.6 is 0 Å². The monoisotopic (exact) mass is 373 g/mol. The standard InChI is InChI=1S/C14H14F3N5O4/c1-2-3-21-6-5-19-12(18)20-10(6)22(13(21)25)11-7(23)4-8(26-11)9(24)14(15,16)17/h1,5,7-9,11,23-24H,3-4H2,(H2,18,19,20)/t7-,8+,9-,11-/m1/s1. The van der Waals surface area contributed by atoms with Gasteiger partial charge in [-0.2, -0.15) is 18.2 Å². The minimum Gasteiger partial charge on any atom is -0.388 e. The normalized spacial score (nSPS) is 24.7. The lowest BCUT2D eigenvalue weighted by molar-refractivity contribution is -0.237. The van der Waals surface area contributed by atoms with Gasteiger partial charge in [-0.25, -0.2) is 14.3 Å². The molecule has 2 aromatic rings. The Morgan fingerprint density at radius 3 is 2.85 bits per heavy atom. The minimum atomic E-state index is -4.94. The minimum absolute atomic E-state index is 0.0519. The lowest BCUT2D eigenvalue weighted by Gasteiger charge is -2.21. The Morgan fingerprint density at radius 1 is 1.54 bits per heavy atom. The molecular formula is C14H14F3N5O4. The number of hydrogen-bond donors (Lipinski definition) is 3. The zero-order chi connectivity index (χ0) is 19.2. The molecule has 2 aromatic heterocycles. The Bertz CT molecular complexity index is 932.